The van der Waals surface area contributed by atoms with Gasteiger partial charge in [0.2, 0.25) is 5.88 Å². The Morgan fingerprint density at radius 3 is 2.50 bits per heavy atom. The number of aryl methyl sites for hydroxylation is 2. The summed E-state index contributed by atoms with van der Waals surface area (Å²) >= 11 is 0. The predicted molar refractivity (Wildman–Crippen MR) is 88.1 cm³/mol. The maximum Gasteiger partial charge on any atom is 0.227 e. The molecule has 1 aromatic carbocycles. The summed E-state index contributed by atoms with van der Waals surface area (Å²) in [5.41, 5.74) is 4.43. The van der Waals surface area contributed by atoms with Gasteiger partial charge >= 0.3 is 0 Å². The van der Waals surface area contributed by atoms with Crippen molar-refractivity contribution in [3.8, 4) is 22.8 Å². The molecule has 0 fully saturated rings. The van der Waals surface area contributed by atoms with E-state index in [2.05, 4.69) is 35.9 Å². The third-order valence-corrected chi connectivity index (χ3v) is 3.65. The largest absolute Gasteiger partial charge is 0.438 e. The third kappa shape index (κ3) is 2.98. The van der Waals surface area contributed by atoms with Crippen LogP contribution in [0.25, 0.3) is 11.1 Å². The third-order valence-electron chi connectivity index (χ3n) is 3.65. The van der Waals surface area contributed by atoms with Crippen molar-refractivity contribution in [3.63, 3.8) is 0 Å². The Morgan fingerprint density at radius 2 is 1.77 bits per heavy atom. The highest BCUT2D eigenvalue weighted by molar-refractivity contribution is 5.70. The van der Waals surface area contributed by atoms with Gasteiger partial charge in [-0.05, 0) is 54.8 Å². The van der Waals surface area contributed by atoms with Gasteiger partial charge in [0.15, 0.2) is 0 Å². The van der Waals surface area contributed by atoms with Crippen molar-refractivity contribution in [2.24, 2.45) is 0 Å². The molecule has 0 unspecified atom stereocenters. The number of benzene rings is 1. The summed E-state index contributed by atoms with van der Waals surface area (Å²) in [7, 11) is 0. The molecule has 0 saturated heterocycles. The summed E-state index contributed by atoms with van der Waals surface area (Å²) in [5, 5.41) is 0. The molecule has 3 nitrogen and oxygen atoms in total. The smallest absolute Gasteiger partial charge is 0.227 e. The number of pyridine rings is 2. The van der Waals surface area contributed by atoms with Gasteiger partial charge < -0.3 is 4.74 Å². The summed E-state index contributed by atoms with van der Waals surface area (Å²) in [6.07, 6.45) is 6.40. The molecule has 22 heavy (non-hydrogen) atoms. The number of hydrogen-bond acceptors (Lipinski definition) is 3. The number of rotatable bonds is 4. The highest BCUT2D eigenvalue weighted by Gasteiger charge is 2.10. The molecule has 0 radical (unpaired) electrons. The Bertz CT molecular complexity index is 766. The van der Waals surface area contributed by atoms with Crippen LogP contribution in [0.15, 0.2) is 61.1 Å². The lowest BCUT2D eigenvalue weighted by atomic mass is 10.0. The van der Waals surface area contributed by atoms with E-state index in [9.17, 15) is 0 Å². The van der Waals surface area contributed by atoms with Gasteiger partial charge in [0, 0.05) is 29.7 Å². The molecule has 0 aliphatic rings. The van der Waals surface area contributed by atoms with Crippen molar-refractivity contribution >= 4 is 0 Å². The van der Waals surface area contributed by atoms with Crippen molar-refractivity contribution in [1.82, 2.24) is 9.97 Å². The molecule has 0 amide bonds. The molecule has 0 aliphatic carbocycles. The fourth-order valence-electron chi connectivity index (χ4n) is 2.33. The SMILES string of the molecule is CCc1ccc(Oc2ncccc2-c2cnccc2C)cc1. The van der Waals surface area contributed by atoms with Gasteiger partial charge in [-0.1, -0.05) is 19.1 Å². The normalized spacial score (nSPS) is 10.5. The molecular formula is C19H18N2O. The molecule has 0 bridgehead atoms. The fourth-order valence-corrected chi connectivity index (χ4v) is 2.33. The molecule has 2 heterocycles. The summed E-state index contributed by atoms with van der Waals surface area (Å²) in [6.45, 7) is 4.20. The Kier molecular flexibility index (Phi) is 4.15. The zero-order valence-corrected chi connectivity index (χ0v) is 12.8. The first-order valence-electron chi connectivity index (χ1n) is 7.40. The van der Waals surface area contributed by atoms with E-state index in [0.717, 1.165) is 28.9 Å². The molecule has 110 valence electrons. The van der Waals surface area contributed by atoms with Crippen LogP contribution in [0.5, 0.6) is 11.6 Å². The zero-order chi connectivity index (χ0) is 15.4. The fraction of sp³-hybridized carbons (Fsp3) is 0.158. The van der Waals surface area contributed by atoms with Gasteiger partial charge in [0.05, 0.1) is 0 Å². The minimum Gasteiger partial charge on any atom is -0.438 e. The lowest BCUT2D eigenvalue weighted by molar-refractivity contribution is 0.464. The second-order valence-corrected chi connectivity index (χ2v) is 5.15. The Morgan fingerprint density at radius 1 is 0.955 bits per heavy atom. The quantitative estimate of drug-likeness (QED) is 0.692. The van der Waals surface area contributed by atoms with Crippen LogP contribution in [0.2, 0.25) is 0 Å². The second kappa shape index (κ2) is 6.39. The van der Waals surface area contributed by atoms with Crippen molar-refractivity contribution in [2.45, 2.75) is 20.3 Å². The van der Waals surface area contributed by atoms with Crippen LogP contribution < -0.4 is 4.74 Å². The molecule has 0 N–H and O–H groups in total. The van der Waals surface area contributed by atoms with E-state index in [-0.39, 0.29) is 0 Å². The van der Waals surface area contributed by atoms with E-state index in [4.69, 9.17) is 4.74 Å². The molecule has 0 aliphatic heterocycles. The van der Waals surface area contributed by atoms with Crippen LogP contribution >= 0.6 is 0 Å². The minimum absolute atomic E-state index is 0.600. The summed E-state index contributed by atoms with van der Waals surface area (Å²) in [5.74, 6) is 1.39. The van der Waals surface area contributed by atoms with Gasteiger partial charge in [-0.2, -0.15) is 0 Å². The Labute approximate surface area is 130 Å². The Hall–Kier alpha value is -2.68. The first kappa shape index (κ1) is 14.3. The highest BCUT2D eigenvalue weighted by Crippen LogP contribution is 2.32. The van der Waals surface area contributed by atoms with E-state index >= 15 is 0 Å². The lowest BCUT2D eigenvalue weighted by Crippen LogP contribution is -1.93. The number of aromatic nitrogens is 2. The molecule has 0 spiro atoms. The predicted octanol–water partition coefficient (Wildman–Crippen LogP) is 4.81. The molecule has 3 rings (SSSR count). The van der Waals surface area contributed by atoms with Crippen LogP contribution in [0, 0.1) is 6.92 Å². The monoisotopic (exact) mass is 290 g/mol. The van der Waals surface area contributed by atoms with E-state index < -0.39 is 0 Å². The van der Waals surface area contributed by atoms with Gasteiger partial charge in [-0.15, -0.1) is 0 Å². The molecule has 3 heteroatoms. The van der Waals surface area contributed by atoms with E-state index in [1.54, 1.807) is 12.4 Å². The standard InChI is InChI=1S/C19H18N2O/c1-3-15-6-8-16(9-7-15)22-19-17(5-4-11-21-19)18-13-20-12-10-14(18)2/h4-13H,3H2,1-2H3. The van der Waals surface area contributed by atoms with Crippen LogP contribution in [0.3, 0.4) is 0 Å². The maximum absolute atomic E-state index is 5.98. The highest BCUT2D eigenvalue weighted by atomic mass is 16.5. The van der Waals surface area contributed by atoms with Crippen molar-refractivity contribution < 1.29 is 4.74 Å². The average molecular weight is 290 g/mol. The molecule has 0 saturated carbocycles. The maximum atomic E-state index is 5.98. The van der Waals surface area contributed by atoms with Crippen molar-refractivity contribution in [3.05, 3.63) is 72.2 Å². The minimum atomic E-state index is 0.600. The number of ether oxygens (including phenoxy) is 1. The number of nitrogens with zero attached hydrogens (tertiary/aromatic N) is 2. The summed E-state index contributed by atoms with van der Waals surface area (Å²) in [6, 6.07) is 14.0. The van der Waals surface area contributed by atoms with Crippen LogP contribution in [0.4, 0.5) is 0 Å². The number of hydrogen-bond donors (Lipinski definition) is 0. The van der Waals surface area contributed by atoms with E-state index in [0.29, 0.717) is 5.88 Å². The van der Waals surface area contributed by atoms with Crippen molar-refractivity contribution in [2.75, 3.05) is 0 Å². The average Bonchev–Trinajstić information content (AvgIpc) is 2.57. The molecule has 2 aromatic heterocycles. The van der Waals surface area contributed by atoms with Crippen LogP contribution in [0.1, 0.15) is 18.1 Å². The van der Waals surface area contributed by atoms with Gasteiger partial charge in [0.1, 0.15) is 5.75 Å². The second-order valence-electron chi connectivity index (χ2n) is 5.15. The first-order valence-corrected chi connectivity index (χ1v) is 7.40. The molecular weight excluding hydrogens is 272 g/mol. The van der Waals surface area contributed by atoms with Gasteiger partial charge in [0.25, 0.3) is 0 Å². The zero-order valence-electron chi connectivity index (χ0n) is 12.8. The van der Waals surface area contributed by atoms with Gasteiger partial charge in [-0.25, -0.2) is 4.98 Å². The van der Waals surface area contributed by atoms with Crippen LogP contribution in [-0.4, -0.2) is 9.97 Å². The first-order chi connectivity index (χ1) is 10.8. The summed E-state index contributed by atoms with van der Waals surface area (Å²) in [4.78, 5) is 8.59. The topological polar surface area (TPSA) is 35.0 Å². The van der Waals surface area contributed by atoms with E-state index in [1.807, 2.05) is 36.5 Å². The van der Waals surface area contributed by atoms with Crippen LogP contribution in [-0.2, 0) is 6.42 Å². The Balaban J connectivity index is 1.96. The van der Waals surface area contributed by atoms with Gasteiger partial charge in [-0.3, -0.25) is 4.98 Å². The summed E-state index contributed by atoms with van der Waals surface area (Å²) < 4.78 is 5.98. The molecule has 3 aromatic rings. The van der Waals surface area contributed by atoms with Crippen molar-refractivity contribution in [1.29, 1.82) is 0 Å². The lowest BCUT2D eigenvalue weighted by Gasteiger charge is -2.11. The molecule has 0 atom stereocenters. The van der Waals surface area contributed by atoms with E-state index in [1.165, 1.54) is 5.56 Å².